The lowest BCUT2D eigenvalue weighted by Crippen LogP contribution is -2.51. The van der Waals surface area contributed by atoms with Crippen LogP contribution < -0.4 is 5.32 Å². The number of piperazine rings is 1. The van der Waals surface area contributed by atoms with Crippen LogP contribution in [0.2, 0.25) is 0 Å². The maximum atomic E-state index is 12.2. The van der Waals surface area contributed by atoms with Crippen molar-refractivity contribution in [1.82, 2.24) is 15.1 Å². The minimum absolute atomic E-state index is 0. The fraction of sp³-hybridized carbons (Fsp3) is 0.722. The second-order valence-electron chi connectivity index (χ2n) is 7.01. The van der Waals surface area contributed by atoms with Crippen molar-refractivity contribution < 1.29 is 9.90 Å². The monoisotopic (exact) mass is 423 g/mol. The Kier molecular flexibility index (Phi) is 11.1. The predicted octanol–water partition coefficient (Wildman–Crippen LogP) is 2.69. The molecule has 1 aliphatic carbocycles. The van der Waals surface area contributed by atoms with Gasteiger partial charge in [-0.15, -0.1) is 36.2 Å². The number of hydrogen-bond acceptors (Lipinski definition) is 5. The summed E-state index contributed by atoms with van der Waals surface area (Å²) in [6.45, 7) is 4.82. The quantitative estimate of drug-likeness (QED) is 0.738. The summed E-state index contributed by atoms with van der Waals surface area (Å²) < 4.78 is 0. The molecule has 1 saturated heterocycles. The van der Waals surface area contributed by atoms with Crippen LogP contribution in [-0.4, -0.2) is 66.1 Å². The van der Waals surface area contributed by atoms with Gasteiger partial charge in [-0.25, -0.2) is 0 Å². The molecule has 2 heterocycles. The number of thiophene rings is 1. The zero-order chi connectivity index (χ0) is 16.8. The van der Waals surface area contributed by atoms with E-state index in [1.165, 1.54) is 19.3 Å². The van der Waals surface area contributed by atoms with Crippen LogP contribution >= 0.6 is 36.2 Å². The molecule has 1 aromatic heterocycles. The van der Waals surface area contributed by atoms with Crippen LogP contribution in [0.15, 0.2) is 17.5 Å². The molecule has 1 aromatic rings. The average Bonchev–Trinajstić information content (AvgIpc) is 3.12. The first-order valence-electron chi connectivity index (χ1n) is 9.16. The minimum atomic E-state index is -0.397. The fourth-order valence-electron chi connectivity index (χ4n) is 3.67. The van der Waals surface area contributed by atoms with Crippen molar-refractivity contribution in [1.29, 1.82) is 0 Å². The Balaban J connectivity index is 0.00000169. The first-order valence-corrected chi connectivity index (χ1v) is 10.0. The van der Waals surface area contributed by atoms with Gasteiger partial charge in [-0.3, -0.25) is 14.6 Å². The molecule has 2 aliphatic rings. The van der Waals surface area contributed by atoms with Gasteiger partial charge in [0.2, 0.25) is 5.91 Å². The Morgan fingerprint density at radius 2 is 1.81 bits per heavy atom. The topological polar surface area (TPSA) is 55.8 Å². The summed E-state index contributed by atoms with van der Waals surface area (Å²) >= 11 is 1.60. The number of nitrogens with one attached hydrogen (secondary N) is 1. The molecule has 5 nitrogen and oxygen atoms in total. The Hall–Kier alpha value is -0.370. The summed E-state index contributed by atoms with van der Waals surface area (Å²) in [6, 6.07) is 4.36. The van der Waals surface area contributed by atoms with E-state index in [2.05, 4.69) is 15.1 Å². The van der Waals surface area contributed by atoms with Crippen LogP contribution in [0.4, 0.5) is 0 Å². The van der Waals surface area contributed by atoms with E-state index in [-0.39, 0.29) is 30.7 Å². The standard InChI is InChI=1S/C18H29N3O2S.2ClH/c22-16(17-7-4-12-24-17)13-20-8-10-21(11-9-20)14-18(23)19-15-5-2-1-3-6-15;;/h4,7,12,15-16,22H,1-3,5-6,8-11,13-14H2,(H,19,23);2*1H. The smallest absolute Gasteiger partial charge is 0.234 e. The highest BCUT2D eigenvalue weighted by Crippen LogP contribution is 2.20. The predicted molar refractivity (Wildman–Crippen MR) is 112 cm³/mol. The molecule has 0 spiro atoms. The van der Waals surface area contributed by atoms with Crippen molar-refractivity contribution in [2.24, 2.45) is 0 Å². The van der Waals surface area contributed by atoms with Gasteiger partial charge < -0.3 is 10.4 Å². The molecule has 2 N–H and O–H groups in total. The second kappa shape index (κ2) is 12.2. The normalized spacial score (nSPS) is 20.7. The van der Waals surface area contributed by atoms with Crippen LogP contribution in [0.3, 0.4) is 0 Å². The summed E-state index contributed by atoms with van der Waals surface area (Å²) in [5, 5.41) is 15.4. The van der Waals surface area contributed by atoms with Gasteiger partial charge in [-0.2, -0.15) is 0 Å². The van der Waals surface area contributed by atoms with E-state index in [9.17, 15) is 9.90 Å². The van der Waals surface area contributed by atoms with E-state index in [4.69, 9.17) is 0 Å². The van der Waals surface area contributed by atoms with Crippen LogP contribution in [-0.2, 0) is 4.79 Å². The molecule has 2 fully saturated rings. The summed E-state index contributed by atoms with van der Waals surface area (Å²) in [6.07, 6.45) is 5.68. The molecule has 3 rings (SSSR count). The molecule has 26 heavy (non-hydrogen) atoms. The van der Waals surface area contributed by atoms with E-state index in [1.54, 1.807) is 11.3 Å². The van der Waals surface area contributed by atoms with E-state index >= 15 is 0 Å². The molecule has 1 unspecified atom stereocenters. The van der Waals surface area contributed by atoms with Crippen molar-refractivity contribution in [2.45, 2.75) is 44.2 Å². The first-order chi connectivity index (χ1) is 11.7. The van der Waals surface area contributed by atoms with E-state index in [0.717, 1.165) is 43.9 Å². The summed E-state index contributed by atoms with van der Waals surface area (Å²) in [5.74, 6) is 0.175. The molecule has 1 aliphatic heterocycles. The first kappa shape index (κ1) is 23.7. The van der Waals surface area contributed by atoms with Crippen LogP contribution in [0.25, 0.3) is 0 Å². The Labute approximate surface area is 173 Å². The van der Waals surface area contributed by atoms with Gasteiger partial charge in [0.25, 0.3) is 0 Å². The van der Waals surface area contributed by atoms with Crippen molar-refractivity contribution in [3.05, 3.63) is 22.4 Å². The highest BCUT2D eigenvalue weighted by atomic mass is 35.5. The van der Waals surface area contributed by atoms with Crippen molar-refractivity contribution in [3.8, 4) is 0 Å². The van der Waals surface area contributed by atoms with E-state index < -0.39 is 6.10 Å². The molecule has 0 bridgehead atoms. The maximum Gasteiger partial charge on any atom is 0.234 e. The number of halogens is 2. The lowest BCUT2D eigenvalue weighted by molar-refractivity contribution is -0.123. The number of carbonyl (C=O) groups is 1. The lowest BCUT2D eigenvalue weighted by atomic mass is 9.95. The average molecular weight is 424 g/mol. The van der Waals surface area contributed by atoms with Crippen molar-refractivity contribution in [2.75, 3.05) is 39.3 Å². The molecule has 150 valence electrons. The number of β-amino-alcohol motifs (C(OH)–C–C–N with tert-alkyl or cyclic N) is 1. The van der Waals surface area contributed by atoms with Gasteiger partial charge in [0.05, 0.1) is 6.54 Å². The van der Waals surface area contributed by atoms with Crippen molar-refractivity contribution in [3.63, 3.8) is 0 Å². The Morgan fingerprint density at radius 1 is 1.15 bits per heavy atom. The number of aliphatic hydroxyl groups excluding tert-OH is 1. The van der Waals surface area contributed by atoms with Gasteiger partial charge in [0.1, 0.15) is 6.10 Å². The third-order valence-electron chi connectivity index (χ3n) is 5.11. The van der Waals surface area contributed by atoms with E-state index in [0.29, 0.717) is 19.1 Å². The molecule has 8 heteroatoms. The van der Waals surface area contributed by atoms with Gasteiger partial charge >= 0.3 is 0 Å². The third kappa shape index (κ3) is 7.33. The molecular formula is C18H31Cl2N3O2S. The molecule has 1 saturated carbocycles. The van der Waals surface area contributed by atoms with Crippen molar-refractivity contribution >= 4 is 42.1 Å². The number of aliphatic hydroxyl groups is 1. The van der Waals surface area contributed by atoms with Crippen LogP contribution in [0, 0.1) is 0 Å². The molecule has 1 atom stereocenters. The maximum absolute atomic E-state index is 12.2. The zero-order valence-corrected chi connectivity index (χ0v) is 17.6. The second-order valence-corrected chi connectivity index (χ2v) is 7.99. The van der Waals surface area contributed by atoms with Crippen LogP contribution in [0.5, 0.6) is 0 Å². The van der Waals surface area contributed by atoms with E-state index in [1.807, 2.05) is 17.5 Å². The highest BCUT2D eigenvalue weighted by molar-refractivity contribution is 7.10. The number of carbonyl (C=O) groups excluding carboxylic acids is 1. The highest BCUT2D eigenvalue weighted by Gasteiger charge is 2.23. The Bertz CT molecular complexity index is 505. The number of hydrogen-bond donors (Lipinski definition) is 2. The van der Waals surface area contributed by atoms with Gasteiger partial charge in [0, 0.05) is 43.6 Å². The number of rotatable bonds is 6. The van der Waals surface area contributed by atoms with Gasteiger partial charge in [-0.1, -0.05) is 25.3 Å². The zero-order valence-electron chi connectivity index (χ0n) is 15.1. The third-order valence-corrected chi connectivity index (χ3v) is 6.08. The lowest BCUT2D eigenvalue weighted by Gasteiger charge is -2.35. The summed E-state index contributed by atoms with van der Waals surface area (Å²) in [5.41, 5.74) is 0. The SMILES string of the molecule is Cl.Cl.O=C(CN1CCN(CC(O)c2cccs2)CC1)NC1CCCCC1. The minimum Gasteiger partial charge on any atom is -0.386 e. The summed E-state index contributed by atoms with van der Waals surface area (Å²) in [4.78, 5) is 17.7. The van der Waals surface area contributed by atoms with Crippen LogP contribution in [0.1, 0.15) is 43.1 Å². The number of nitrogens with zero attached hydrogens (tertiary/aromatic N) is 2. The molecule has 0 aromatic carbocycles. The van der Waals surface area contributed by atoms with Gasteiger partial charge in [0.15, 0.2) is 0 Å². The molecule has 0 radical (unpaired) electrons. The number of amides is 1. The molecular weight excluding hydrogens is 393 g/mol. The largest absolute Gasteiger partial charge is 0.386 e. The fourth-order valence-corrected chi connectivity index (χ4v) is 4.37. The summed E-state index contributed by atoms with van der Waals surface area (Å²) in [7, 11) is 0. The Morgan fingerprint density at radius 3 is 2.42 bits per heavy atom. The van der Waals surface area contributed by atoms with Gasteiger partial charge in [-0.05, 0) is 24.3 Å². The molecule has 1 amide bonds.